The van der Waals surface area contributed by atoms with Gasteiger partial charge in [0.2, 0.25) is 0 Å². The molecular weight excluding hydrogens is 769 g/mol. The lowest BCUT2D eigenvalue weighted by atomic mass is 9.68. The van der Waals surface area contributed by atoms with Gasteiger partial charge in [0.25, 0.3) is 0 Å². The number of fused-ring (bicyclic) bond motifs is 11. The minimum Gasteiger partial charge on any atom is -0.309 e. The van der Waals surface area contributed by atoms with E-state index in [0.29, 0.717) is 0 Å². The van der Waals surface area contributed by atoms with Crippen molar-refractivity contribution in [3.63, 3.8) is 0 Å². The summed E-state index contributed by atoms with van der Waals surface area (Å²) in [5.74, 6) is 0. The predicted molar refractivity (Wildman–Crippen MR) is 263 cm³/mol. The average molecular weight is 807 g/mol. The van der Waals surface area contributed by atoms with E-state index < -0.39 is 5.41 Å². The van der Waals surface area contributed by atoms with Crippen molar-refractivity contribution in [2.45, 2.75) is 5.41 Å². The number of rotatable bonds is 6. The van der Waals surface area contributed by atoms with Gasteiger partial charge in [-0.2, -0.15) is 0 Å². The lowest BCUT2D eigenvalue weighted by Crippen LogP contribution is -2.28. The van der Waals surface area contributed by atoms with E-state index in [4.69, 9.17) is 0 Å². The zero-order chi connectivity index (χ0) is 40.8. The van der Waals surface area contributed by atoms with Gasteiger partial charge < -0.3 is 9.47 Å². The summed E-state index contributed by atoms with van der Waals surface area (Å²) in [5.41, 5.74) is 14.1. The van der Waals surface area contributed by atoms with Gasteiger partial charge >= 0.3 is 0 Å². The molecule has 0 N–H and O–H groups in total. The summed E-state index contributed by atoms with van der Waals surface area (Å²) >= 11 is 1.91. The SMILES string of the molecule is c1ccc(-n2c3ccccc3c3cc(N(c4ccc5c(c4)-c4ccccc4C5(c4ccccc4)c4ccccc4)c4cccc5c4sc4c6ccccc6ccc54)ccc32)cc1. The maximum Gasteiger partial charge on any atom is 0.0713 e. The largest absolute Gasteiger partial charge is 0.309 e. The maximum atomic E-state index is 2.52. The van der Waals surface area contributed by atoms with Crippen molar-refractivity contribution in [3.8, 4) is 16.8 Å². The molecule has 0 saturated heterocycles. The van der Waals surface area contributed by atoms with Crippen molar-refractivity contribution < 1.29 is 0 Å². The normalized spacial score (nSPS) is 13.0. The molecule has 0 spiro atoms. The summed E-state index contributed by atoms with van der Waals surface area (Å²) in [5, 5.41) is 7.59. The molecule has 0 amide bonds. The van der Waals surface area contributed by atoms with E-state index in [1.54, 1.807) is 0 Å². The molecule has 290 valence electrons. The zero-order valence-electron chi connectivity index (χ0n) is 33.7. The minimum absolute atomic E-state index is 0.470. The fourth-order valence-corrected chi connectivity index (χ4v) is 12.0. The fraction of sp³-hybridized carbons (Fsp3) is 0.0169. The highest BCUT2D eigenvalue weighted by Gasteiger charge is 2.46. The number of benzene rings is 10. The Balaban J connectivity index is 1.10. The highest BCUT2D eigenvalue weighted by molar-refractivity contribution is 7.27. The molecule has 1 aliphatic rings. The Kier molecular flexibility index (Phi) is 7.72. The third-order valence-electron chi connectivity index (χ3n) is 13.2. The third kappa shape index (κ3) is 4.97. The lowest BCUT2D eigenvalue weighted by Gasteiger charge is -2.34. The molecule has 2 heterocycles. The van der Waals surface area contributed by atoms with Crippen LogP contribution in [0.25, 0.3) is 69.6 Å². The van der Waals surface area contributed by atoms with E-state index in [1.165, 1.54) is 91.8 Å². The molecule has 0 unspecified atom stereocenters. The average Bonchev–Trinajstić information content (AvgIpc) is 3.99. The van der Waals surface area contributed by atoms with E-state index in [1.807, 2.05) is 11.3 Å². The summed E-state index contributed by atoms with van der Waals surface area (Å²) < 4.78 is 5.00. The molecule has 3 heteroatoms. The first-order chi connectivity index (χ1) is 30.8. The number of hydrogen-bond donors (Lipinski definition) is 0. The highest BCUT2D eigenvalue weighted by Crippen LogP contribution is 2.57. The Morgan fingerprint density at radius 3 is 1.77 bits per heavy atom. The van der Waals surface area contributed by atoms with Crippen molar-refractivity contribution in [2.75, 3.05) is 4.90 Å². The topological polar surface area (TPSA) is 8.17 Å². The second-order valence-corrected chi connectivity index (χ2v) is 17.4. The van der Waals surface area contributed by atoms with Gasteiger partial charge in [-0.15, -0.1) is 11.3 Å². The minimum atomic E-state index is -0.470. The summed E-state index contributed by atoms with van der Waals surface area (Å²) in [6.45, 7) is 0. The standard InChI is InChI=1S/C59H38N2S/c1-4-18-40(19-5-1)59(41-20-6-2-7-21-41)52-28-14-12-25-46(52)50-37-43(32-35-53(50)59)60(56-30-16-27-48-49-34-31-39-17-10-11-24-45(39)57(49)62-58(48)56)44-33-36-55-51(38-44)47-26-13-15-29-54(47)61(55)42-22-8-3-9-23-42/h1-38H. The lowest BCUT2D eigenvalue weighted by molar-refractivity contribution is 0.768. The molecule has 10 aromatic carbocycles. The Hall–Kier alpha value is -7.72. The fourth-order valence-electron chi connectivity index (χ4n) is 10.6. The van der Waals surface area contributed by atoms with Crippen LogP contribution in [0, 0.1) is 0 Å². The molecule has 1 aliphatic carbocycles. The summed E-state index contributed by atoms with van der Waals surface area (Å²) in [6, 6.07) is 85.3. The van der Waals surface area contributed by atoms with Crippen LogP contribution in [0.2, 0.25) is 0 Å². The molecule has 0 atom stereocenters. The molecular formula is C59H38N2S. The number of hydrogen-bond acceptors (Lipinski definition) is 2. The van der Waals surface area contributed by atoms with Crippen molar-refractivity contribution in [2.24, 2.45) is 0 Å². The number of aromatic nitrogens is 1. The van der Waals surface area contributed by atoms with Gasteiger partial charge in [-0.05, 0) is 98.8 Å². The Bertz CT molecular complexity index is 3660. The van der Waals surface area contributed by atoms with Crippen LogP contribution in [0.3, 0.4) is 0 Å². The third-order valence-corrected chi connectivity index (χ3v) is 14.5. The molecule has 0 saturated carbocycles. The van der Waals surface area contributed by atoms with E-state index in [2.05, 4.69) is 240 Å². The number of nitrogens with zero attached hydrogens (tertiary/aromatic N) is 2. The van der Waals surface area contributed by atoms with Crippen LogP contribution in [-0.2, 0) is 5.41 Å². The van der Waals surface area contributed by atoms with Crippen LogP contribution in [0.15, 0.2) is 231 Å². The van der Waals surface area contributed by atoms with Gasteiger partial charge in [0, 0.05) is 43.3 Å². The van der Waals surface area contributed by atoms with Gasteiger partial charge in [-0.1, -0.05) is 176 Å². The van der Waals surface area contributed by atoms with Gasteiger partial charge in [-0.3, -0.25) is 0 Å². The second-order valence-electron chi connectivity index (χ2n) is 16.4. The van der Waals surface area contributed by atoms with Crippen LogP contribution >= 0.6 is 11.3 Å². The first-order valence-corrected chi connectivity index (χ1v) is 22.2. The summed E-state index contributed by atoms with van der Waals surface area (Å²) in [7, 11) is 0. The molecule has 13 rings (SSSR count). The Morgan fingerprint density at radius 1 is 0.371 bits per heavy atom. The van der Waals surface area contributed by atoms with E-state index in [9.17, 15) is 0 Å². The Labute approximate surface area is 363 Å². The molecule has 62 heavy (non-hydrogen) atoms. The van der Waals surface area contributed by atoms with Crippen LogP contribution in [0.5, 0.6) is 0 Å². The summed E-state index contributed by atoms with van der Waals surface area (Å²) in [4.78, 5) is 2.52. The maximum absolute atomic E-state index is 2.52. The first kappa shape index (κ1) is 35.1. The van der Waals surface area contributed by atoms with Gasteiger partial charge in [0.15, 0.2) is 0 Å². The van der Waals surface area contributed by atoms with Crippen molar-refractivity contribution in [1.82, 2.24) is 4.57 Å². The Morgan fingerprint density at radius 2 is 0.968 bits per heavy atom. The predicted octanol–water partition coefficient (Wildman–Crippen LogP) is 16.1. The smallest absolute Gasteiger partial charge is 0.0713 e. The molecule has 2 nitrogen and oxygen atoms in total. The highest BCUT2D eigenvalue weighted by atomic mass is 32.1. The number of thiophene rings is 1. The van der Waals surface area contributed by atoms with E-state index in [0.717, 1.165) is 17.1 Å². The van der Waals surface area contributed by atoms with Gasteiger partial charge in [0.05, 0.1) is 26.8 Å². The second kappa shape index (κ2) is 13.7. The quantitative estimate of drug-likeness (QED) is 0.162. The van der Waals surface area contributed by atoms with Crippen LogP contribution < -0.4 is 4.90 Å². The molecule has 0 fully saturated rings. The van der Waals surface area contributed by atoms with Crippen LogP contribution in [-0.4, -0.2) is 4.57 Å². The van der Waals surface area contributed by atoms with Crippen molar-refractivity contribution in [1.29, 1.82) is 0 Å². The molecule has 0 bridgehead atoms. The number of para-hydroxylation sites is 2. The number of anilines is 3. The van der Waals surface area contributed by atoms with Crippen molar-refractivity contribution in [3.05, 3.63) is 253 Å². The zero-order valence-corrected chi connectivity index (χ0v) is 34.6. The van der Waals surface area contributed by atoms with Crippen LogP contribution in [0.4, 0.5) is 17.1 Å². The van der Waals surface area contributed by atoms with E-state index >= 15 is 0 Å². The monoisotopic (exact) mass is 806 g/mol. The van der Waals surface area contributed by atoms with Gasteiger partial charge in [-0.25, -0.2) is 0 Å². The van der Waals surface area contributed by atoms with E-state index in [-0.39, 0.29) is 0 Å². The summed E-state index contributed by atoms with van der Waals surface area (Å²) in [6.07, 6.45) is 0. The van der Waals surface area contributed by atoms with Crippen LogP contribution in [0.1, 0.15) is 22.3 Å². The molecule has 12 aromatic rings. The molecule has 0 aliphatic heterocycles. The van der Waals surface area contributed by atoms with Crippen molar-refractivity contribution >= 4 is 81.1 Å². The van der Waals surface area contributed by atoms with Gasteiger partial charge in [0.1, 0.15) is 0 Å². The molecule has 0 radical (unpaired) electrons. The first-order valence-electron chi connectivity index (χ1n) is 21.3. The molecule has 2 aromatic heterocycles.